The first kappa shape index (κ1) is 17.7. The summed E-state index contributed by atoms with van der Waals surface area (Å²) in [6.45, 7) is 2.04. The Kier molecular flexibility index (Phi) is 4.39. The van der Waals surface area contributed by atoms with Crippen molar-refractivity contribution in [2.45, 2.75) is 12.3 Å². The Labute approximate surface area is 174 Å². The summed E-state index contributed by atoms with van der Waals surface area (Å²) in [6.07, 6.45) is 0. The van der Waals surface area contributed by atoms with Crippen LogP contribution in [0.2, 0.25) is 10.0 Å². The van der Waals surface area contributed by atoms with Crippen LogP contribution in [0.5, 0.6) is 0 Å². The van der Waals surface area contributed by atoms with E-state index < -0.39 is 5.72 Å². The van der Waals surface area contributed by atoms with Crippen LogP contribution in [0.3, 0.4) is 0 Å². The third-order valence-corrected chi connectivity index (χ3v) is 5.85. The van der Waals surface area contributed by atoms with Crippen LogP contribution >= 0.6 is 23.2 Å². The van der Waals surface area contributed by atoms with E-state index in [9.17, 15) is 0 Å². The highest BCUT2D eigenvalue weighted by Crippen LogP contribution is 2.47. The molecule has 5 rings (SSSR count). The molecule has 0 saturated carbocycles. The van der Waals surface area contributed by atoms with E-state index in [1.165, 1.54) is 0 Å². The first-order valence-corrected chi connectivity index (χ1v) is 10.0. The van der Waals surface area contributed by atoms with Crippen molar-refractivity contribution < 1.29 is 4.74 Å². The molecule has 0 bridgehead atoms. The lowest BCUT2D eigenvalue weighted by Gasteiger charge is -2.39. The predicted octanol–water partition coefficient (Wildman–Crippen LogP) is 5.49. The van der Waals surface area contributed by atoms with Crippen LogP contribution in [0.15, 0.2) is 77.8 Å². The minimum absolute atomic E-state index is 0.456. The first-order chi connectivity index (χ1) is 13.7. The molecule has 0 N–H and O–H groups in total. The number of nitrogens with zero attached hydrogens (tertiary/aromatic N) is 2. The fourth-order valence-electron chi connectivity index (χ4n) is 4.10. The topological polar surface area (TPSA) is 24.8 Å². The highest BCUT2D eigenvalue weighted by atomic mass is 35.5. The Bertz CT molecular complexity index is 1050. The van der Waals surface area contributed by atoms with Crippen molar-refractivity contribution in [3.63, 3.8) is 0 Å². The largest absolute Gasteiger partial charge is 0.342 e. The molecular weight excluding hydrogens is 391 g/mol. The number of benzene rings is 3. The Balaban J connectivity index is 1.64. The first-order valence-electron chi connectivity index (χ1n) is 9.25. The molecule has 140 valence electrons. The second kappa shape index (κ2) is 6.93. The number of hydrogen-bond donors (Lipinski definition) is 0. The van der Waals surface area contributed by atoms with Crippen LogP contribution in [0.1, 0.15) is 22.3 Å². The number of ether oxygens (including phenoxy) is 1. The summed E-state index contributed by atoms with van der Waals surface area (Å²) in [7, 11) is 0. The van der Waals surface area contributed by atoms with Gasteiger partial charge < -0.3 is 9.64 Å². The smallest absolute Gasteiger partial charge is 0.196 e. The van der Waals surface area contributed by atoms with Crippen molar-refractivity contribution in [3.8, 4) is 0 Å². The molecular formula is C23H18Cl2N2O. The van der Waals surface area contributed by atoms with Crippen molar-refractivity contribution in [3.05, 3.63) is 105 Å². The lowest BCUT2D eigenvalue weighted by Crippen LogP contribution is -2.46. The summed E-state index contributed by atoms with van der Waals surface area (Å²) in [5.74, 6) is 1.00. The number of halogens is 2. The van der Waals surface area contributed by atoms with Crippen molar-refractivity contribution in [2.75, 3.05) is 13.1 Å². The van der Waals surface area contributed by atoms with Crippen molar-refractivity contribution >= 4 is 29.0 Å². The maximum atomic E-state index is 6.74. The van der Waals surface area contributed by atoms with Crippen molar-refractivity contribution in [1.82, 2.24) is 4.90 Å². The summed E-state index contributed by atoms with van der Waals surface area (Å²) in [5, 5.41) is 1.43. The molecule has 2 heterocycles. The molecule has 0 saturated heterocycles. The molecule has 3 aromatic carbocycles. The zero-order valence-electron chi connectivity index (χ0n) is 15.1. The Morgan fingerprint density at radius 2 is 1.57 bits per heavy atom. The van der Waals surface area contributed by atoms with E-state index in [0.29, 0.717) is 11.6 Å². The quantitative estimate of drug-likeness (QED) is 0.570. The number of amidine groups is 1. The molecule has 0 spiro atoms. The monoisotopic (exact) mass is 408 g/mol. The van der Waals surface area contributed by atoms with Gasteiger partial charge in [0.05, 0.1) is 13.2 Å². The molecule has 3 aromatic rings. The van der Waals surface area contributed by atoms with Crippen LogP contribution < -0.4 is 0 Å². The summed E-state index contributed by atoms with van der Waals surface area (Å²) in [4.78, 5) is 7.04. The number of hydrogen-bond acceptors (Lipinski definition) is 3. The minimum Gasteiger partial charge on any atom is -0.342 e. The molecule has 0 amide bonds. The highest BCUT2D eigenvalue weighted by molar-refractivity contribution is 6.30. The molecule has 2 aliphatic heterocycles. The van der Waals surface area contributed by atoms with Gasteiger partial charge in [0.2, 0.25) is 0 Å². The van der Waals surface area contributed by atoms with E-state index in [4.69, 9.17) is 32.9 Å². The lowest BCUT2D eigenvalue weighted by atomic mass is 9.93. The molecule has 1 unspecified atom stereocenters. The predicted molar refractivity (Wildman–Crippen MR) is 113 cm³/mol. The summed E-state index contributed by atoms with van der Waals surface area (Å²) in [5.41, 5.74) is 3.64. The van der Waals surface area contributed by atoms with E-state index in [2.05, 4.69) is 29.2 Å². The van der Waals surface area contributed by atoms with E-state index in [1.807, 2.05) is 48.5 Å². The molecule has 0 aromatic heterocycles. The van der Waals surface area contributed by atoms with Gasteiger partial charge in [-0.15, -0.1) is 0 Å². The highest BCUT2D eigenvalue weighted by Gasteiger charge is 2.52. The van der Waals surface area contributed by atoms with Gasteiger partial charge in [0, 0.05) is 33.3 Å². The standard InChI is InChI=1S/C23H18Cl2N2O/c24-18-9-5-16(6-10-18)15-28-23(17-7-11-19(25)12-8-17)21-4-2-1-3-20(21)22-26-13-14-27(22)23/h1-12H,13-15H2. The number of aliphatic imine (C=N–C) groups is 1. The fourth-order valence-corrected chi connectivity index (χ4v) is 4.35. The maximum absolute atomic E-state index is 6.74. The van der Waals surface area contributed by atoms with Gasteiger partial charge in [0.25, 0.3) is 0 Å². The second-order valence-electron chi connectivity index (χ2n) is 6.97. The molecule has 0 radical (unpaired) electrons. The van der Waals surface area contributed by atoms with Gasteiger partial charge in [0.1, 0.15) is 5.84 Å². The Hall–Kier alpha value is -2.33. The Morgan fingerprint density at radius 3 is 2.32 bits per heavy atom. The van der Waals surface area contributed by atoms with E-state index >= 15 is 0 Å². The Morgan fingerprint density at radius 1 is 0.893 bits per heavy atom. The fraction of sp³-hybridized carbons (Fsp3) is 0.174. The van der Waals surface area contributed by atoms with Gasteiger partial charge in [-0.2, -0.15) is 0 Å². The number of fused-ring (bicyclic) bond motifs is 3. The average Bonchev–Trinajstić information content (AvgIpc) is 3.30. The molecule has 1 atom stereocenters. The van der Waals surface area contributed by atoms with Crippen LogP contribution in [0, 0.1) is 0 Å². The summed E-state index contributed by atoms with van der Waals surface area (Å²) in [6, 6.07) is 24.0. The molecule has 28 heavy (non-hydrogen) atoms. The zero-order chi connectivity index (χ0) is 19.1. The molecule has 0 fully saturated rings. The SMILES string of the molecule is Clc1ccc(COC2(c3ccc(Cl)cc3)c3ccccc3C3=NCCN32)cc1. The van der Waals surface area contributed by atoms with Gasteiger partial charge in [-0.1, -0.05) is 71.7 Å². The second-order valence-corrected chi connectivity index (χ2v) is 7.84. The van der Waals surface area contributed by atoms with Gasteiger partial charge in [0.15, 0.2) is 5.72 Å². The van der Waals surface area contributed by atoms with Gasteiger partial charge >= 0.3 is 0 Å². The van der Waals surface area contributed by atoms with Crippen LogP contribution in [0.4, 0.5) is 0 Å². The minimum atomic E-state index is -0.726. The van der Waals surface area contributed by atoms with Crippen molar-refractivity contribution in [2.24, 2.45) is 4.99 Å². The third kappa shape index (κ3) is 2.74. The van der Waals surface area contributed by atoms with Crippen molar-refractivity contribution in [1.29, 1.82) is 0 Å². The number of rotatable bonds is 4. The van der Waals surface area contributed by atoms with Crippen LogP contribution in [-0.4, -0.2) is 23.8 Å². The maximum Gasteiger partial charge on any atom is 0.196 e. The normalized spacial score (nSPS) is 20.1. The summed E-state index contributed by atoms with van der Waals surface area (Å²) >= 11 is 12.2. The average molecular weight is 409 g/mol. The van der Waals surface area contributed by atoms with Crippen LogP contribution in [0.25, 0.3) is 0 Å². The van der Waals surface area contributed by atoms with E-state index in [1.54, 1.807) is 0 Å². The van der Waals surface area contributed by atoms with Gasteiger partial charge in [-0.05, 0) is 29.8 Å². The summed E-state index contributed by atoms with van der Waals surface area (Å²) < 4.78 is 6.74. The van der Waals surface area contributed by atoms with Gasteiger partial charge in [-0.25, -0.2) is 0 Å². The third-order valence-electron chi connectivity index (χ3n) is 5.35. The molecule has 2 aliphatic rings. The van der Waals surface area contributed by atoms with Gasteiger partial charge in [-0.3, -0.25) is 4.99 Å². The van der Waals surface area contributed by atoms with E-state index in [-0.39, 0.29) is 0 Å². The molecule has 5 heteroatoms. The molecule has 3 nitrogen and oxygen atoms in total. The zero-order valence-corrected chi connectivity index (χ0v) is 16.6. The molecule has 0 aliphatic carbocycles. The van der Waals surface area contributed by atoms with E-state index in [0.717, 1.165) is 46.2 Å². The lowest BCUT2D eigenvalue weighted by molar-refractivity contribution is -0.104. The van der Waals surface area contributed by atoms with Crippen LogP contribution in [-0.2, 0) is 17.1 Å².